The van der Waals surface area contributed by atoms with E-state index in [1.807, 2.05) is 0 Å². The van der Waals surface area contributed by atoms with Crippen molar-refractivity contribution in [2.24, 2.45) is 5.92 Å². The van der Waals surface area contributed by atoms with Crippen LogP contribution in [0.15, 0.2) is 47.4 Å². The molecule has 0 spiro atoms. The van der Waals surface area contributed by atoms with Gasteiger partial charge in [0.15, 0.2) is 11.5 Å². The van der Waals surface area contributed by atoms with Crippen LogP contribution in [0, 0.1) is 11.7 Å². The number of hydrogen-bond acceptors (Lipinski definition) is 5. The Hall–Kier alpha value is -2.65. The zero-order valence-electron chi connectivity index (χ0n) is 14.2. The molecule has 2 aromatic rings. The second kappa shape index (κ2) is 6.82. The molecule has 1 amide bonds. The van der Waals surface area contributed by atoms with Crippen molar-refractivity contribution in [3.05, 3.63) is 48.3 Å². The quantitative estimate of drug-likeness (QED) is 0.840. The van der Waals surface area contributed by atoms with Crippen molar-refractivity contribution in [2.45, 2.75) is 11.3 Å². The summed E-state index contributed by atoms with van der Waals surface area (Å²) in [6, 6.07) is 10.0. The van der Waals surface area contributed by atoms with Crippen LogP contribution >= 0.6 is 0 Å². The Morgan fingerprint density at radius 1 is 1.15 bits per heavy atom. The van der Waals surface area contributed by atoms with Crippen LogP contribution in [0.1, 0.15) is 6.42 Å². The highest BCUT2D eigenvalue weighted by molar-refractivity contribution is 7.89. The number of carbonyl (C=O) groups is 1. The first-order valence-electron chi connectivity index (χ1n) is 8.37. The molecule has 2 heterocycles. The molecule has 1 N–H and O–H groups in total. The predicted molar refractivity (Wildman–Crippen MR) is 94.6 cm³/mol. The van der Waals surface area contributed by atoms with Crippen LogP contribution in [0.2, 0.25) is 0 Å². The van der Waals surface area contributed by atoms with Crippen LogP contribution in [0.5, 0.6) is 11.5 Å². The molecule has 2 aliphatic rings. The van der Waals surface area contributed by atoms with Crippen LogP contribution in [-0.4, -0.2) is 34.2 Å². The fourth-order valence-corrected chi connectivity index (χ4v) is 4.31. The van der Waals surface area contributed by atoms with Gasteiger partial charge in [0.25, 0.3) is 0 Å². The van der Waals surface area contributed by atoms with Crippen molar-refractivity contribution >= 4 is 21.6 Å². The van der Waals surface area contributed by atoms with Gasteiger partial charge in [-0.3, -0.25) is 4.79 Å². The average molecular weight is 392 g/mol. The van der Waals surface area contributed by atoms with Crippen LogP contribution in [0.3, 0.4) is 0 Å². The summed E-state index contributed by atoms with van der Waals surface area (Å²) < 4.78 is 50.9. The summed E-state index contributed by atoms with van der Waals surface area (Å²) in [7, 11) is -3.83. The average Bonchev–Trinajstić information content (AvgIpc) is 3.25. The number of rotatable bonds is 5. The summed E-state index contributed by atoms with van der Waals surface area (Å²) in [6.07, 6.45) is 0.222. The summed E-state index contributed by atoms with van der Waals surface area (Å²) in [5.74, 6) is 0.304. The Kier molecular flexibility index (Phi) is 4.48. The fraction of sp³-hybridized carbons (Fsp3) is 0.278. The van der Waals surface area contributed by atoms with E-state index in [0.717, 1.165) is 6.07 Å². The van der Waals surface area contributed by atoms with Crippen molar-refractivity contribution in [1.29, 1.82) is 0 Å². The Morgan fingerprint density at radius 2 is 1.96 bits per heavy atom. The summed E-state index contributed by atoms with van der Waals surface area (Å²) in [6.45, 7) is 0.618. The number of ether oxygens (including phenoxy) is 2. The number of sulfonamides is 1. The third kappa shape index (κ3) is 3.60. The number of anilines is 1. The molecule has 2 aliphatic heterocycles. The lowest BCUT2D eigenvalue weighted by atomic mass is 10.1. The lowest BCUT2D eigenvalue weighted by Crippen LogP contribution is -2.31. The van der Waals surface area contributed by atoms with Crippen molar-refractivity contribution in [3.8, 4) is 11.5 Å². The smallest absolute Gasteiger partial charge is 0.240 e. The number of fused-ring (bicyclic) bond motifs is 1. The van der Waals surface area contributed by atoms with E-state index in [2.05, 4.69) is 4.72 Å². The van der Waals surface area contributed by atoms with E-state index in [-0.39, 0.29) is 36.5 Å². The zero-order chi connectivity index (χ0) is 19.0. The van der Waals surface area contributed by atoms with Crippen molar-refractivity contribution in [1.82, 2.24) is 4.72 Å². The van der Waals surface area contributed by atoms with E-state index >= 15 is 0 Å². The summed E-state index contributed by atoms with van der Waals surface area (Å²) in [5.41, 5.74) is 0.680. The first-order valence-corrected chi connectivity index (χ1v) is 9.86. The van der Waals surface area contributed by atoms with Gasteiger partial charge in [-0.15, -0.1) is 0 Å². The van der Waals surface area contributed by atoms with Gasteiger partial charge in [0, 0.05) is 31.3 Å². The molecule has 1 saturated heterocycles. The monoisotopic (exact) mass is 392 g/mol. The molecule has 27 heavy (non-hydrogen) atoms. The summed E-state index contributed by atoms with van der Waals surface area (Å²) in [4.78, 5) is 13.8. The first kappa shape index (κ1) is 17.7. The van der Waals surface area contributed by atoms with Gasteiger partial charge >= 0.3 is 0 Å². The van der Waals surface area contributed by atoms with E-state index < -0.39 is 15.8 Å². The third-order valence-electron chi connectivity index (χ3n) is 4.54. The number of benzene rings is 2. The zero-order valence-corrected chi connectivity index (χ0v) is 15.0. The molecule has 2 aromatic carbocycles. The molecule has 142 valence electrons. The first-order chi connectivity index (χ1) is 12.9. The van der Waals surface area contributed by atoms with Crippen molar-refractivity contribution < 1.29 is 27.1 Å². The van der Waals surface area contributed by atoms with Gasteiger partial charge < -0.3 is 14.4 Å². The lowest BCUT2D eigenvalue weighted by Gasteiger charge is -2.17. The highest BCUT2D eigenvalue weighted by Gasteiger charge is 2.32. The van der Waals surface area contributed by atoms with E-state index in [9.17, 15) is 17.6 Å². The van der Waals surface area contributed by atoms with Gasteiger partial charge in [0.1, 0.15) is 5.82 Å². The number of hydrogen-bond donors (Lipinski definition) is 1. The van der Waals surface area contributed by atoms with Crippen LogP contribution in [0.25, 0.3) is 0 Å². The molecule has 9 heteroatoms. The van der Waals surface area contributed by atoms with Crippen LogP contribution in [-0.2, 0) is 14.8 Å². The molecular weight excluding hydrogens is 375 g/mol. The Bertz CT molecular complexity index is 995. The maximum absolute atomic E-state index is 13.3. The SMILES string of the molecule is O=C1C[C@@H](CNS(=O)(=O)c2cccc(F)c2)CN1c1ccc2c(c1)OCO2. The van der Waals surface area contributed by atoms with Crippen LogP contribution < -0.4 is 19.1 Å². The Balaban J connectivity index is 1.42. The van der Waals surface area contributed by atoms with E-state index in [0.29, 0.717) is 23.7 Å². The molecule has 7 nitrogen and oxygen atoms in total. The lowest BCUT2D eigenvalue weighted by molar-refractivity contribution is -0.117. The molecule has 4 rings (SSSR count). The number of nitrogens with zero attached hydrogens (tertiary/aromatic N) is 1. The number of halogens is 1. The third-order valence-corrected chi connectivity index (χ3v) is 5.96. The van der Waals surface area contributed by atoms with Gasteiger partial charge in [0.05, 0.1) is 4.90 Å². The predicted octanol–water partition coefficient (Wildman–Crippen LogP) is 1.89. The van der Waals surface area contributed by atoms with Gasteiger partial charge in [-0.25, -0.2) is 17.5 Å². The number of carbonyl (C=O) groups excluding carboxylic acids is 1. The van der Waals surface area contributed by atoms with Gasteiger partial charge in [-0.1, -0.05) is 6.07 Å². The van der Waals surface area contributed by atoms with Crippen molar-refractivity contribution in [3.63, 3.8) is 0 Å². The molecule has 0 aliphatic carbocycles. The fourth-order valence-electron chi connectivity index (χ4n) is 3.17. The minimum Gasteiger partial charge on any atom is -0.454 e. The minimum absolute atomic E-state index is 0.0889. The van der Waals surface area contributed by atoms with Crippen LogP contribution in [0.4, 0.5) is 10.1 Å². The Labute approximate surface area is 155 Å². The van der Waals surface area contributed by atoms with Crippen molar-refractivity contribution in [2.75, 3.05) is 24.8 Å². The molecule has 0 radical (unpaired) electrons. The number of nitrogens with one attached hydrogen (secondary N) is 1. The molecule has 0 saturated carbocycles. The standard InChI is InChI=1S/C18H17FN2O5S/c19-13-2-1-3-15(7-13)27(23,24)20-9-12-6-18(22)21(10-12)14-4-5-16-17(8-14)26-11-25-16/h1-5,7-8,12,20H,6,9-11H2/t12-/m0/s1. The minimum atomic E-state index is -3.83. The van der Waals surface area contributed by atoms with Gasteiger partial charge in [0.2, 0.25) is 22.7 Å². The largest absolute Gasteiger partial charge is 0.454 e. The molecular formula is C18H17FN2O5S. The van der Waals surface area contributed by atoms with E-state index in [4.69, 9.17) is 9.47 Å². The molecule has 1 fully saturated rings. The van der Waals surface area contributed by atoms with E-state index in [1.54, 1.807) is 23.1 Å². The highest BCUT2D eigenvalue weighted by Crippen LogP contribution is 2.37. The molecule has 0 unspecified atom stereocenters. The topological polar surface area (TPSA) is 84.9 Å². The second-order valence-electron chi connectivity index (χ2n) is 6.42. The summed E-state index contributed by atoms with van der Waals surface area (Å²) in [5, 5.41) is 0. The maximum atomic E-state index is 13.3. The van der Waals surface area contributed by atoms with Gasteiger partial charge in [-0.2, -0.15) is 0 Å². The van der Waals surface area contributed by atoms with E-state index in [1.165, 1.54) is 18.2 Å². The molecule has 1 atom stereocenters. The number of amides is 1. The Morgan fingerprint density at radius 3 is 2.78 bits per heavy atom. The molecule has 0 bridgehead atoms. The molecule has 0 aromatic heterocycles. The highest BCUT2D eigenvalue weighted by atomic mass is 32.2. The normalized spacial score (nSPS) is 18.9. The summed E-state index contributed by atoms with van der Waals surface area (Å²) >= 11 is 0. The maximum Gasteiger partial charge on any atom is 0.240 e. The second-order valence-corrected chi connectivity index (χ2v) is 8.19. The van der Waals surface area contributed by atoms with Gasteiger partial charge in [-0.05, 0) is 36.2 Å².